The number of carbonyl (C=O) groups excluding carboxylic acids is 1. The lowest BCUT2D eigenvalue weighted by Crippen LogP contribution is -2.37. The number of benzene rings is 2. The van der Waals surface area contributed by atoms with Gasteiger partial charge in [0.05, 0.1) is 31.3 Å². The first kappa shape index (κ1) is 20.6. The lowest BCUT2D eigenvalue weighted by molar-refractivity contribution is -0.142. The maximum Gasteiger partial charge on any atom is 0.319 e. The predicted molar refractivity (Wildman–Crippen MR) is 117 cm³/mol. The quantitative estimate of drug-likeness (QED) is 0.561. The van der Waals surface area contributed by atoms with E-state index in [2.05, 4.69) is 51.9 Å². The van der Waals surface area contributed by atoms with Gasteiger partial charge in [-0.25, -0.2) is 4.98 Å². The van der Waals surface area contributed by atoms with Crippen LogP contribution in [0.25, 0.3) is 16.7 Å². The van der Waals surface area contributed by atoms with Crippen molar-refractivity contribution in [3.63, 3.8) is 0 Å². The van der Waals surface area contributed by atoms with E-state index in [-0.39, 0.29) is 5.97 Å². The van der Waals surface area contributed by atoms with E-state index in [0.29, 0.717) is 19.1 Å². The molecule has 1 aliphatic rings. The molecule has 1 aliphatic heterocycles. The molecule has 1 saturated heterocycles. The molecule has 0 unspecified atom stereocenters. The molecule has 1 aromatic heterocycles. The summed E-state index contributed by atoms with van der Waals surface area (Å²) in [6.07, 6.45) is 2.85. The second-order valence-electron chi connectivity index (χ2n) is 7.82. The molecule has 6 heteroatoms. The van der Waals surface area contributed by atoms with Gasteiger partial charge < -0.3 is 9.47 Å². The molecule has 30 heavy (non-hydrogen) atoms. The van der Waals surface area contributed by atoms with E-state index in [1.54, 1.807) is 7.11 Å². The summed E-state index contributed by atoms with van der Waals surface area (Å²) >= 11 is 0. The summed E-state index contributed by atoms with van der Waals surface area (Å²) in [6, 6.07) is 17.1. The van der Waals surface area contributed by atoms with Crippen LogP contribution in [-0.4, -0.2) is 60.9 Å². The largest absolute Gasteiger partial charge is 0.468 e. The Kier molecular flexibility index (Phi) is 6.45. The van der Waals surface area contributed by atoms with Crippen molar-refractivity contribution in [1.29, 1.82) is 0 Å². The van der Waals surface area contributed by atoms with Gasteiger partial charge in [0.2, 0.25) is 0 Å². The van der Waals surface area contributed by atoms with Gasteiger partial charge in [0.1, 0.15) is 5.82 Å². The molecule has 0 saturated carbocycles. The summed E-state index contributed by atoms with van der Waals surface area (Å²) < 4.78 is 12.4. The third-order valence-electron chi connectivity index (χ3n) is 5.93. The minimum Gasteiger partial charge on any atom is -0.468 e. The minimum absolute atomic E-state index is 0.161. The van der Waals surface area contributed by atoms with E-state index in [4.69, 9.17) is 14.5 Å². The van der Waals surface area contributed by atoms with Gasteiger partial charge >= 0.3 is 5.97 Å². The molecule has 0 radical (unpaired) electrons. The number of nitrogens with zero attached hydrogens (tertiary/aromatic N) is 3. The number of ether oxygens (including phenoxy) is 2. The Bertz CT molecular complexity index is 1010. The summed E-state index contributed by atoms with van der Waals surface area (Å²) in [4.78, 5) is 18.6. The van der Waals surface area contributed by atoms with Gasteiger partial charge in [0, 0.05) is 19.2 Å². The molecular weight excluding hydrogens is 378 g/mol. The zero-order valence-electron chi connectivity index (χ0n) is 17.7. The Hall–Kier alpha value is -2.70. The maximum atomic E-state index is 11.5. The van der Waals surface area contributed by atoms with Crippen LogP contribution < -0.4 is 0 Å². The van der Waals surface area contributed by atoms with Gasteiger partial charge in [0.15, 0.2) is 0 Å². The van der Waals surface area contributed by atoms with Crippen molar-refractivity contribution in [1.82, 2.24) is 14.5 Å². The van der Waals surface area contributed by atoms with Crippen molar-refractivity contribution in [2.24, 2.45) is 0 Å². The minimum atomic E-state index is -0.161. The van der Waals surface area contributed by atoms with Crippen molar-refractivity contribution in [2.75, 3.05) is 40.5 Å². The molecule has 158 valence electrons. The number of aromatic nitrogens is 2. The SMILES string of the molecule is COCCc1nc2ccccc2n1-c1cccc(C2CCN(CC(=O)OC)CC2)c1. The monoisotopic (exact) mass is 407 g/mol. The zero-order valence-corrected chi connectivity index (χ0v) is 17.7. The fourth-order valence-corrected chi connectivity index (χ4v) is 4.31. The van der Waals surface area contributed by atoms with E-state index in [9.17, 15) is 4.79 Å². The Labute approximate surface area is 177 Å². The van der Waals surface area contributed by atoms with Crippen LogP contribution in [0.5, 0.6) is 0 Å². The second-order valence-corrected chi connectivity index (χ2v) is 7.82. The van der Waals surface area contributed by atoms with Crippen molar-refractivity contribution < 1.29 is 14.3 Å². The van der Waals surface area contributed by atoms with Crippen LogP contribution in [0.15, 0.2) is 48.5 Å². The number of hydrogen-bond acceptors (Lipinski definition) is 5. The van der Waals surface area contributed by atoms with Gasteiger partial charge in [-0.1, -0.05) is 24.3 Å². The highest BCUT2D eigenvalue weighted by Crippen LogP contribution is 2.30. The number of para-hydroxylation sites is 2. The first-order valence-electron chi connectivity index (χ1n) is 10.5. The van der Waals surface area contributed by atoms with Gasteiger partial charge in [-0.3, -0.25) is 14.3 Å². The molecule has 0 spiro atoms. The van der Waals surface area contributed by atoms with E-state index in [1.807, 2.05) is 6.07 Å². The van der Waals surface area contributed by atoms with Crippen molar-refractivity contribution in [3.05, 3.63) is 59.9 Å². The molecule has 0 amide bonds. The molecule has 4 rings (SSSR count). The number of imidazole rings is 1. The Balaban J connectivity index is 1.58. The fourth-order valence-electron chi connectivity index (χ4n) is 4.31. The number of piperidine rings is 1. The van der Waals surface area contributed by atoms with E-state index < -0.39 is 0 Å². The summed E-state index contributed by atoms with van der Waals surface area (Å²) in [5, 5.41) is 0. The molecule has 3 aromatic rings. The lowest BCUT2D eigenvalue weighted by atomic mass is 9.89. The molecule has 0 aliphatic carbocycles. The number of fused-ring (bicyclic) bond motifs is 1. The van der Waals surface area contributed by atoms with Crippen LogP contribution in [0.4, 0.5) is 0 Å². The molecule has 2 aromatic carbocycles. The van der Waals surface area contributed by atoms with Crippen LogP contribution in [0.1, 0.15) is 30.1 Å². The molecule has 0 bridgehead atoms. The average molecular weight is 408 g/mol. The molecule has 0 atom stereocenters. The number of likely N-dealkylation sites (tertiary alicyclic amines) is 1. The number of rotatable bonds is 7. The van der Waals surface area contributed by atoms with Gasteiger partial charge in [0.25, 0.3) is 0 Å². The van der Waals surface area contributed by atoms with Gasteiger partial charge in [-0.15, -0.1) is 0 Å². The van der Waals surface area contributed by atoms with Crippen LogP contribution in [0.3, 0.4) is 0 Å². The normalized spacial score (nSPS) is 15.5. The Morgan fingerprint density at radius 1 is 1.10 bits per heavy atom. The molecule has 6 nitrogen and oxygen atoms in total. The number of hydrogen-bond donors (Lipinski definition) is 0. The second kappa shape index (κ2) is 9.41. The third-order valence-corrected chi connectivity index (χ3v) is 5.93. The van der Waals surface area contributed by atoms with Crippen LogP contribution in [-0.2, 0) is 20.7 Å². The summed E-state index contributed by atoms with van der Waals surface area (Å²) in [6.45, 7) is 2.85. The van der Waals surface area contributed by atoms with Crippen molar-refractivity contribution >= 4 is 17.0 Å². The van der Waals surface area contributed by atoms with E-state index in [0.717, 1.165) is 54.9 Å². The van der Waals surface area contributed by atoms with Crippen LogP contribution >= 0.6 is 0 Å². The molecule has 2 heterocycles. The predicted octanol–water partition coefficient (Wildman–Crippen LogP) is 3.57. The third kappa shape index (κ3) is 4.40. The van der Waals surface area contributed by atoms with Crippen molar-refractivity contribution in [2.45, 2.75) is 25.2 Å². The number of methoxy groups -OCH3 is 2. The molecular formula is C24H29N3O3. The average Bonchev–Trinajstić information content (AvgIpc) is 3.16. The van der Waals surface area contributed by atoms with E-state index in [1.165, 1.54) is 12.7 Å². The van der Waals surface area contributed by atoms with Crippen LogP contribution in [0.2, 0.25) is 0 Å². The highest BCUT2D eigenvalue weighted by molar-refractivity contribution is 5.78. The maximum absolute atomic E-state index is 11.5. The topological polar surface area (TPSA) is 56.6 Å². The van der Waals surface area contributed by atoms with Gasteiger partial charge in [-0.2, -0.15) is 0 Å². The lowest BCUT2D eigenvalue weighted by Gasteiger charge is -2.31. The summed E-state index contributed by atoms with van der Waals surface area (Å²) in [5.41, 5.74) is 4.61. The highest BCUT2D eigenvalue weighted by atomic mass is 16.5. The van der Waals surface area contributed by atoms with E-state index >= 15 is 0 Å². The summed E-state index contributed by atoms with van der Waals surface area (Å²) in [5.74, 6) is 1.35. The number of esters is 1. The fraction of sp³-hybridized carbons (Fsp3) is 0.417. The van der Waals surface area contributed by atoms with Crippen molar-refractivity contribution in [3.8, 4) is 5.69 Å². The Morgan fingerprint density at radius 2 is 1.90 bits per heavy atom. The Morgan fingerprint density at radius 3 is 2.67 bits per heavy atom. The summed E-state index contributed by atoms with van der Waals surface area (Å²) in [7, 11) is 3.17. The highest BCUT2D eigenvalue weighted by Gasteiger charge is 2.23. The first-order valence-corrected chi connectivity index (χ1v) is 10.5. The van der Waals surface area contributed by atoms with Gasteiger partial charge in [-0.05, 0) is 61.7 Å². The molecule has 0 N–H and O–H groups in total. The smallest absolute Gasteiger partial charge is 0.319 e. The number of carbonyl (C=O) groups is 1. The zero-order chi connectivity index (χ0) is 20.9. The first-order chi connectivity index (χ1) is 14.7. The van der Waals surface area contributed by atoms with Crippen LogP contribution in [0, 0.1) is 0 Å². The standard InChI is InChI=1S/C24H29N3O3/c1-29-15-12-23-25-21-8-3-4-9-22(21)27(23)20-7-5-6-19(16-20)18-10-13-26(14-11-18)17-24(28)30-2/h3-9,16,18H,10-15,17H2,1-2H3. The molecule has 1 fully saturated rings.